The molecule has 0 saturated heterocycles. The molecular weight excluding hydrogens is 379 g/mol. The van der Waals surface area contributed by atoms with E-state index in [4.69, 9.17) is 32.8 Å². The summed E-state index contributed by atoms with van der Waals surface area (Å²) in [6.07, 6.45) is 1.06. The maximum Gasteiger partial charge on any atom is 0.373 e. The number of carbonyl (C=O) groups excluding carboxylic acids is 2. The van der Waals surface area contributed by atoms with Crippen LogP contribution >= 0.6 is 39.1 Å². The average molecular weight is 392 g/mol. The summed E-state index contributed by atoms with van der Waals surface area (Å²) in [7, 11) is 0. The van der Waals surface area contributed by atoms with E-state index in [1.54, 1.807) is 0 Å². The summed E-state index contributed by atoms with van der Waals surface area (Å²) in [6.45, 7) is 4.85. The minimum absolute atomic E-state index is 0.250. The summed E-state index contributed by atoms with van der Waals surface area (Å²) < 4.78 is 2.85. The Labute approximate surface area is 141 Å². The number of rotatable bonds is 3. The minimum atomic E-state index is 0.250. The number of aromatic nitrogens is 2. The fourth-order valence-electron chi connectivity index (χ4n) is 1.88. The van der Waals surface area contributed by atoms with Crippen molar-refractivity contribution in [2.24, 2.45) is 0 Å². The number of benzene rings is 1. The van der Waals surface area contributed by atoms with E-state index in [0.29, 0.717) is 10.0 Å². The van der Waals surface area contributed by atoms with Crippen molar-refractivity contribution in [1.29, 1.82) is 0 Å². The van der Waals surface area contributed by atoms with Crippen LogP contribution in [-0.2, 0) is 22.6 Å². The molecule has 112 valence electrons. The zero-order chi connectivity index (χ0) is 16.0. The van der Waals surface area contributed by atoms with Gasteiger partial charge in [-0.25, -0.2) is 0 Å². The molecule has 0 fully saturated rings. The summed E-state index contributed by atoms with van der Waals surface area (Å²) >= 11 is 16.1. The van der Waals surface area contributed by atoms with Gasteiger partial charge < -0.3 is 0 Å². The standard InChI is InChI=1S/C13H13BrCl2N2.CO2/c1-3-11-12(16)13(18(4-2)17-11)9-6-5-8(14)7-10(9)15;2-1-3/h5-7H,3-4H2,1-2H3;. The smallest absolute Gasteiger partial charge is 0.263 e. The van der Waals surface area contributed by atoms with Gasteiger partial charge in [0.15, 0.2) is 0 Å². The van der Waals surface area contributed by atoms with E-state index in [0.717, 1.165) is 34.4 Å². The van der Waals surface area contributed by atoms with Gasteiger partial charge in [-0.15, -0.1) is 0 Å². The van der Waals surface area contributed by atoms with Crippen LogP contribution in [0.4, 0.5) is 0 Å². The highest BCUT2D eigenvalue weighted by molar-refractivity contribution is 9.10. The van der Waals surface area contributed by atoms with Crippen molar-refractivity contribution in [3.8, 4) is 11.3 Å². The van der Waals surface area contributed by atoms with Crippen molar-refractivity contribution >= 4 is 45.3 Å². The first kappa shape index (κ1) is 17.9. The van der Waals surface area contributed by atoms with Gasteiger partial charge in [-0.2, -0.15) is 14.7 Å². The minimum Gasteiger partial charge on any atom is -0.263 e. The Morgan fingerprint density at radius 2 is 1.90 bits per heavy atom. The van der Waals surface area contributed by atoms with Gasteiger partial charge >= 0.3 is 6.15 Å². The lowest BCUT2D eigenvalue weighted by molar-refractivity contribution is -0.191. The molecule has 2 aromatic rings. The molecule has 0 radical (unpaired) electrons. The van der Waals surface area contributed by atoms with Gasteiger partial charge in [0.2, 0.25) is 0 Å². The molecule has 0 unspecified atom stereocenters. The van der Waals surface area contributed by atoms with E-state index in [1.807, 2.05) is 36.7 Å². The van der Waals surface area contributed by atoms with Crippen molar-refractivity contribution in [3.63, 3.8) is 0 Å². The van der Waals surface area contributed by atoms with Gasteiger partial charge in [-0.3, -0.25) is 4.68 Å². The lowest BCUT2D eigenvalue weighted by atomic mass is 10.1. The third-order valence-electron chi connectivity index (χ3n) is 2.78. The Balaban J connectivity index is 0.000000677. The molecule has 21 heavy (non-hydrogen) atoms. The van der Waals surface area contributed by atoms with Crippen LogP contribution in [0.25, 0.3) is 11.3 Å². The highest BCUT2D eigenvalue weighted by Crippen LogP contribution is 2.36. The van der Waals surface area contributed by atoms with Crippen LogP contribution in [0.3, 0.4) is 0 Å². The molecule has 0 atom stereocenters. The molecule has 0 N–H and O–H groups in total. The van der Waals surface area contributed by atoms with Crippen LogP contribution in [0, 0.1) is 0 Å². The van der Waals surface area contributed by atoms with Crippen LogP contribution < -0.4 is 0 Å². The highest BCUT2D eigenvalue weighted by Gasteiger charge is 2.18. The Kier molecular flexibility index (Phi) is 7.12. The fraction of sp³-hybridized carbons (Fsp3) is 0.286. The molecule has 0 aliphatic rings. The molecule has 4 nitrogen and oxygen atoms in total. The predicted molar refractivity (Wildman–Crippen MR) is 85.4 cm³/mol. The molecule has 1 aromatic carbocycles. The summed E-state index contributed by atoms with van der Waals surface area (Å²) in [6, 6.07) is 5.78. The average Bonchev–Trinajstić information content (AvgIpc) is 2.76. The first-order valence-electron chi connectivity index (χ1n) is 6.19. The van der Waals surface area contributed by atoms with Gasteiger partial charge in [0, 0.05) is 16.6 Å². The van der Waals surface area contributed by atoms with Gasteiger partial charge in [0.05, 0.1) is 21.4 Å². The Morgan fingerprint density at radius 3 is 2.38 bits per heavy atom. The number of hydrogen-bond acceptors (Lipinski definition) is 3. The number of halogens is 3. The Morgan fingerprint density at radius 1 is 1.29 bits per heavy atom. The normalized spacial score (nSPS) is 9.76. The van der Waals surface area contributed by atoms with Crippen molar-refractivity contribution < 1.29 is 9.59 Å². The molecule has 7 heteroatoms. The molecular formula is C14H13BrCl2N2O2. The summed E-state index contributed by atoms with van der Waals surface area (Å²) in [5.74, 6) is 0. The molecule has 0 bridgehead atoms. The largest absolute Gasteiger partial charge is 0.373 e. The zero-order valence-electron chi connectivity index (χ0n) is 11.5. The van der Waals surface area contributed by atoms with E-state index in [9.17, 15) is 0 Å². The van der Waals surface area contributed by atoms with Crippen molar-refractivity contribution in [1.82, 2.24) is 9.78 Å². The predicted octanol–water partition coefficient (Wildman–Crippen LogP) is 4.62. The highest BCUT2D eigenvalue weighted by atomic mass is 79.9. The number of aryl methyl sites for hydroxylation is 2. The van der Waals surface area contributed by atoms with Crippen LogP contribution in [0.5, 0.6) is 0 Å². The second-order valence-corrected chi connectivity index (χ2v) is 5.69. The van der Waals surface area contributed by atoms with E-state index in [1.165, 1.54) is 0 Å². The van der Waals surface area contributed by atoms with Gasteiger partial charge in [0.25, 0.3) is 0 Å². The van der Waals surface area contributed by atoms with Crippen molar-refractivity contribution in [2.45, 2.75) is 26.8 Å². The first-order valence-corrected chi connectivity index (χ1v) is 7.74. The van der Waals surface area contributed by atoms with Gasteiger partial charge in [-0.1, -0.05) is 52.1 Å². The maximum absolute atomic E-state index is 8.12. The van der Waals surface area contributed by atoms with E-state index >= 15 is 0 Å². The quantitative estimate of drug-likeness (QED) is 0.766. The van der Waals surface area contributed by atoms with Crippen molar-refractivity contribution in [2.75, 3.05) is 0 Å². The zero-order valence-corrected chi connectivity index (χ0v) is 14.6. The second kappa shape index (κ2) is 8.35. The molecule has 0 aliphatic carbocycles. The van der Waals surface area contributed by atoms with Gasteiger partial charge in [-0.05, 0) is 25.5 Å². The summed E-state index contributed by atoms with van der Waals surface area (Å²) in [4.78, 5) is 16.2. The molecule has 0 amide bonds. The molecule has 0 aliphatic heterocycles. The monoisotopic (exact) mass is 390 g/mol. The summed E-state index contributed by atoms with van der Waals surface area (Å²) in [5.41, 5.74) is 2.72. The molecule has 1 heterocycles. The van der Waals surface area contributed by atoms with Crippen LogP contribution in [0.1, 0.15) is 19.5 Å². The number of nitrogens with zero attached hydrogens (tertiary/aromatic N) is 2. The SMILES string of the molecule is CCc1nn(CC)c(-c2ccc(Br)cc2Cl)c1Cl.O=C=O. The first-order chi connectivity index (χ1) is 9.99. The Hall–Kier alpha value is -1.13. The van der Waals surface area contributed by atoms with Crippen LogP contribution in [-0.4, -0.2) is 15.9 Å². The fourth-order valence-corrected chi connectivity index (χ4v) is 3.02. The topological polar surface area (TPSA) is 52.0 Å². The van der Waals surface area contributed by atoms with Crippen molar-refractivity contribution in [3.05, 3.63) is 38.4 Å². The van der Waals surface area contributed by atoms with E-state index in [2.05, 4.69) is 21.0 Å². The molecule has 2 rings (SSSR count). The summed E-state index contributed by atoms with van der Waals surface area (Å²) in [5, 5.41) is 5.87. The van der Waals surface area contributed by atoms with Crippen LogP contribution in [0.15, 0.2) is 22.7 Å². The van der Waals surface area contributed by atoms with Gasteiger partial charge in [0.1, 0.15) is 0 Å². The Bertz CT molecular complexity index is 665. The molecule has 0 saturated carbocycles. The third-order valence-corrected chi connectivity index (χ3v) is 3.98. The second-order valence-electron chi connectivity index (χ2n) is 3.99. The lowest BCUT2D eigenvalue weighted by Gasteiger charge is -2.08. The third kappa shape index (κ3) is 4.17. The molecule has 0 spiro atoms. The van der Waals surface area contributed by atoms with Crippen LogP contribution in [0.2, 0.25) is 10.0 Å². The lowest BCUT2D eigenvalue weighted by Crippen LogP contribution is -2.00. The van der Waals surface area contributed by atoms with E-state index in [-0.39, 0.29) is 6.15 Å². The van der Waals surface area contributed by atoms with E-state index < -0.39 is 0 Å². The maximum atomic E-state index is 8.12. The number of hydrogen-bond donors (Lipinski definition) is 0. The molecule has 1 aromatic heterocycles.